The van der Waals surface area contributed by atoms with Gasteiger partial charge in [0.25, 0.3) is 0 Å². The number of rotatable bonds is 6. The summed E-state index contributed by atoms with van der Waals surface area (Å²) < 4.78 is 39.9. The van der Waals surface area contributed by atoms with E-state index >= 15 is 0 Å². The summed E-state index contributed by atoms with van der Waals surface area (Å²) >= 11 is 0. The van der Waals surface area contributed by atoms with E-state index in [9.17, 15) is 27.9 Å². The molecule has 0 aromatic heterocycles. The van der Waals surface area contributed by atoms with E-state index in [1.165, 1.54) is 0 Å². The molecule has 0 saturated carbocycles. The number of benzene rings is 2. The van der Waals surface area contributed by atoms with Crippen LogP contribution >= 0.6 is 0 Å². The number of alkyl halides is 3. The molecule has 0 aliphatic carbocycles. The van der Waals surface area contributed by atoms with Crippen LogP contribution in [0.5, 0.6) is 5.75 Å². The molecule has 10 heteroatoms. The van der Waals surface area contributed by atoms with Gasteiger partial charge in [0, 0.05) is 6.42 Å². The van der Waals surface area contributed by atoms with Crippen LogP contribution in [0.4, 0.5) is 23.7 Å². The quantitative estimate of drug-likeness (QED) is 0.737. The highest BCUT2D eigenvalue weighted by Crippen LogP contribution is 2.24. The molecule has 142 valence electrons. The predicted octanol–water partition coefficient (Wildman–Crippen LogP) is 4.07. The van der Waals surface area contributed by atoms with Gasteiger partial charge in [-0.1, -0.05) is 35.4 Å². The van der Waals surface area contributed by atoms with Crippen molar-refractivity contribution < 1.29 is 32.6 Å². The zero-order valence-electron chi connectivity index (χ0n) is 13.7. The number of hydrogen-bond donors (Lipinski definition) is 2. The summed E-state index contributed by atoms with van der Waals surface area (Å²) in [5, 5.41) is 18.3. The average molecular weight is 381 g/mol. The van der Waals surface area contributed by atoms with Crippen molar-refractivity contribution in [1.29, 1.82) is 0 Å². The second kappa shape index (κ2) is 8.79. The topological polar surface area (TPSA) is 100 Å². The lowest BCUT2D eigenvalue weighted by Gasteiger charge is -2.12. The van der Waals surface area contributed by atoms with Gasteiger partial charge in [0.2, 0.25) is 0 Å². The summed E-state index contributed by atoms with van der Waals surface area (Å²) in [6.45, 7) is 0. The molecule has 2 N–H and O–H groups in total. The van der Waals surface area contributed by atoms with Crippen LogP contribution < -0.4 is 10.1 Å². The van der Waals surface area contributed by atoms with Crippen LogP contribution in [0.3, 0.4) is 0 Å². The van der Waals surface area contributed by atoms with E-state index in [1.807, 2.05) is 0 Å². The Bertz CT molecular complexity index is 808. The Morgan fingerprint density at radius 2 is 1.70 bits per heavy atom. The molecule has 0 heterocycles. The van der Waals surface area contributed by atoms with Gasteiger partial charge in [-0.15, -0.1) is 18.3 Å². The van der Waals surface area contributed by atoms with Crippen molar-refractivity contribution >= 4 is 17.7 Å². The normalized spacial score (nSPS) is 12.6. The predicted molar refractivity (Wildman–Crippen MR) is 87.7 cm³/mol. The summed E-state index contributed by atoms with van der Waals surface area (Å²) in [7, 11) is 0. The van der Waals surface area contributed by atoms with Gasteiger partial charge in [0.05, 0.1) is 5.69 Å². The molecule has 0 radical (unpaired) electrons. The van der Waals surface area contributed by atoms with Gasteiger partial charge in [-0.25, -0.2) is 9.59 Å². The van der Waals surface area contributed by atoms with Gasteiger partial charge >= 0.3 is 18.4 Å². The lowest BCUT2D eigenvalue weighted by molar-refractivity contribution is -0.274. The van der Waals surface area contributed by atoms with E-state index in [1.54, 1.807) is 30.3 Å². The van der Waals surface area contributed by atoms with Crippen LogP contribution in [0.1, 0.15) is 5.56 Å². The first-order chi connectivity index (χ1) is 12.7. The zero-order chi connectivity index (χ0) is 19.9. The fourth-order valence-corrected chi connectivity index (χ4v) is 2.05. The maximum absolute atomic E-state index is 12.1. The number of carbonyl (C=O) groups is 2. The zero-order valence-corrected chi connectivity index (χ0v) is 13.7. The summed E-state index contributed by atoms with van der Waals surface area (Å²) in [5.41, 5.74) is 0.803. The fourth-order valence-electron chi connectivity index (χ4n) is 2.05. The summed E-state index contributed by atoms with van der Waals surface area (Å²) in [6.07, 6.45) is -4.76. The van der Waals surface area contributed by atoms with Gasteiger partial charge in [-0.2, -0.15) is 0 Å². The monoisotopic (exact) mass is 381 g/mol. The van der Waals surface area contributed by atoms with Crippen molar-refractivity contribution in [3.05, 3.63) is 60.2 Å². The van der Waals surface area contributed by atoms with E-state index in [4.69, 9.17) is 0 Å². The minimum atomic E-state index is -4.81. The molecule has 2 amide bonds. The number of azo groups is 1. The third kappa shape index (κ3) is 7.14. The molecule has 0 aliphatic heterocycles. The van der Waals surface area contributed by atoms with Gasteiger partial charge < -0.3 is 15.2 Å². The molecular weight excluding hydrogens is 367 g/mol. The molecule has 1 atom stereocenters. The second-order valence-electron chi connectivity index (χ2n) is 5.27. The maximum Gasteiger partial charge on any atom is 0.573 e. The molecule has 27 heavy (non-hydrogen) atoms. The highest BCUT2D eigenvalue weighted by molar-refractivity contribution is 5.83. The average Bonchev–Trinajstić information content (AvgIpc) is 2.60. The summed E-state index contributed by atoms with van der Waals surface area (Å²) in [5.74, 6) is -1.68. The van der Waals surface area contributed by atoms with Gasteiger partial charge in [-0.3, -0.25) is 0 Å². The fraction of sp³-hybridized carbons (Fsp3) is 0.176. The molecule has 0 aliphatic rings. The maximum atomic E-state index is 12.1. The van der Waals surface area contributed by atoms with E-state index in [2.05, 4.69) is 20.3 Å². The van der Waals surface area contributed by atoms with Crippen molar-refractivity contribution in [2.75, 3.05) is 0 Å². The molecule has 0 fully saturated rings. The lowest BCUT2D eigenvalue weighted by atomic mass is 10.1. The van der Waals surface area contributed by atoms with Crippen molar-refractivity contribution in [2.45, 2.75) is 18.8 Å². The van der Waals surface area contributed by atoms with E-state index in [0.717, 1.165) is 24.3 Å². The Hall–Kier alpha value is -3.43. The van der Waals surface area contributed by atoms with E-state index in [-0.39, 0.29) is 12.1 Å². The summed E-state index contributed by atoms with van der Waals surface area (Å²) in [4.78, 5) is 23.0. The Morgan fingerprint density at radius 1 is 1.07 bits per heavy atom. The number of nitrogens with one attached hydrogen (secondary N) is 1. The number of carbonyl (C=O) groups excluding carboxylic acids is 1. The van der Waals surface area contributed by atoms with Gasteiger partial charge in [-0.05, 0) is 29.8 Å². The van der Waals surface area contributed by atoms with Crippen LogP contribution in [-0.4, -0.2) is 29.5 Å². The Morgan fingerprint density at radius 3 is 2.26 bits per heavy atom. The SMILES string of the molecule is O=C(/N=N/c1ccc(OC(F)(F)F)cc1)NC(Cc1ccccc1)C(=O)O. The Balaban J connectivity index is 1.95. The van der Waals surface area contributed by atoms with Crippen molar-refractivity contribution in [1.82, 2.24) is 5.32 Å². The number of amides is 2. The Labute approximate surface area is 151 Å². The largest absolute Gasteiger partial charge is 0.573 e. The van der Waals surface area contributed by atoms with Gasteiger partial charge in [0.15, 0.2) is 0 Å². The van der Waals surface area contributed by atoms with Gasteiger partial charge in [0.1, 0.15) is 11.8 Å². The minimum Gasteiger partial charge on any atom is -0.480 e. The molecule has 0 spiro atoms. The molecule has 1 unspecified atom stereocenters. The number of urea groups is 1. The molecular formula is C17H14F3N3O4. The third-order valence-electron chi connectivity index (χ3n) is 3.21. The Kier molecular flexibility index (Phi) is 6.47. The first-order valence-corrected chi connectivity index (χ1v) is 7.58. The van der Waals surface area contributed by atoms with Crippen LogP contribution in [-0.2, 0) is 11.2 Å². The minimum absolute atomic E-state index is 0.0565. The van der Waals surface area contributed by atoms with Crippen LogP contribution in [0, 0.1) is 0 Å². The third-order valence-corrected chi connectivity index (χ3v) is 3.21. The number of carboxylic acids is 1. The number of hydrogen-bond acceptors (Lipinski definition) is 4. The molecule has 7 nitrogen and oxygen atoms in total. The molecule has 2 aromatic rings. The highest BCUT2D eigenvalue weighted by Gasteiger charge is 2.30. The van der Waals surface area contributed by atoms with Crippen LogP contribution in [0.25, 0.3) is 0 Å². The molecule has 2 aromatic carbocycles. The second-order valence-corrected chi connectivity index (χ2v) is 5.27. The first kappa shape index (κ1) is 19.9. The number of aliphatic carboxylic acids is 1. The van der Waals surface area contributed by atoms with E-state index in [0.29, 0.717) is 5.56 Å². The highest BCUT2D eigenvalue weighted by atomic mass is 19.4. The number of carboxylic acid groups (broad SMARTS) is 1. The number of nitrogens with zero attached hydrogens (tertiary/aromatic N) is 2. The lowest BCUT2D eigenvalue weighted by Crippen LogP contribution is -2.40. The molecule has 0 saturated heterocycles. The molecule has 0 bridgehead atoms. The standard InChI is InChI=1S/C17H14F3N3O4/c18-17(19,20)27-13-8-6-12(7-9-13)22-23-16(26)21-14(15(24)25)10-11-4-2-1-3-5-11/h1-9,14H,10H2,(H,21,26)(H,24,25)/b23-22+. The smallest absolute Gasteiger partial charge is 0.480 e. The van der Waals surface area contributed by atoms with Crippen LogP contribution in [0.2, 0.25) is 0 Å². The van der Waals surface area contributed by atoms with Crippen molar-refractivity contribution in [3.63, 3.8) is 0 Å². The molecule has 2 rings (SSSR count). The summed E-state index contributed by atoms with van der Waals surface area (Å²) in [6, 6.07) is 10.8. The van der Waals surface area contributed by atoms with Crippen LogP contribution in [0.15, 0.2) is 64.8 Å². The van der Waals surface area contributed by atoms with E-state index < -0.39 is 30.2 Å². The van der Waals surface area contributed by atoms with Crippen molar-refractivity contribution in [2.24, 2.45) is 10.2 Å². The van der Waals surface area contributed by atoms with Crippen molar-refractivity contribution in [3.8, 4) is 5.75 Å². The number of ether oxygens (including phenoxy) is 1. The first-order valence-electron chi connectivity index (χ1n) is 7.58. The number of halogens is 3.